The monoisotopic (exact) mass is 285 g/mol. The maximum atomic E-state index is 5.76. The van der Waals surface area contributed by atoms with E-state index in [9.17, 15) is 0 Å². The molecule has 0 atom stereocenters. The van der Waals surface area contributed by atoms with Gasteiger partial charge in [0, 0.05) is 24.1 Å². The fraction of sp³-hybridized carbons (Fsp3) is 0.0769. The molecule has 6 nitrogen and oxygen atoms in total. The number of rotatable bonds is 3. The second kappa shape index (κ2) is 4.86. The van der Waals surface area contributed by atoms with Crippen LogP contribution in [0.2, 0.25) is 0 Å². The lowest BCUT2D eigenvalue weighted by molar-refractivity contribution is 0.424. The number of nitrogens with two attached hydrogens (primary N) is 1. The van der Waals surface area contributed by atoms with Gasteiger partial charge >= 0.3 is 6.01 Å². The number of nitrogens with zero attached hydrogens (tertiary/aromatic N) is 4. The second-order valence-corrected chi connectivity index (χ2v) is 4.63. The number of thiocarbonyl (C=S) groups is 1. The van der Waals surface area contributed by atoms with Gasteiger partial charge in [0.05, 0.1) is 5.52 Å². The summed E-state index contributed by atoms with van der Waals surface area (Å²) in [6.45, 7) is 0. The minimum absolute atomic E-state index is 0.226. The van der Waals surface area contributed by atoms with Gasteiger partial charge in [-0.15, -0.1) is 5.10 Å². The molecule has 20 heavy (non-hydrogen) atoms. The smallest absolute Gasteiger partial charge is 0.342 e. The third-order valence-electron chi connectivity index (χ3n) is 2.73. The molecule has 3 aromatic rings. The summed E-state index contributed by atoms with van der Waals surface area (Å²) in [5, 5.41) is 4.93. The van der Waals surface area contributed by atoms with Gasteiger partial charge in [0.15, 0.2) is 0 Å². The molecule has 2 heterocycles. The highest BCUT2D eigenvalue weighted by atomic mass is 32.1. The molecule has 0 saturated carbocycles. The highest BCUT2D eigenvalue weighted by molar-refractivity contribution is 7.80. The SMILES string of the molecule is Cn1cnc(Oc2cc(C(N)=S)c3ccccc3n2)n1. The zero-order chi connectivity index (χ0) is 14.1. The first-order valence-electron chi connectivity index (χ1n) is 5.86. The van der Waals surface area contributed by atoms with Gasteiger partial charge in [-0.25, -0.2) is 4.98 Å². The predicted molar refractivity (Wildman–Crippen MR) is 78.7 cm³/mol. The molecule has 0 unspecified atom stereocenters. The molecule has 0 saturated heterocycles. The molecule has 2 N–H and O–H groups in total. The van der Waals surface area contributed by atoms with Crippen LogP contribution in [0.4, 0.5) is 0 Å². The lowest BCUT2D eigenvalue weighted by Crippen LogP contribution is -2.10. The molecule has 2 aromatic heterocycles. The van der Waals surface area contributed by atoms with Crippen molar-refractivity contribution in [3.05, 3.63) is 42.2 Å². The Bertz CT molecular complexity index is 798. The van der Waals surface area contributed by atoms with Crippen LogP contribution in [0.25, 0.3) is 10.9 Å². The van der Waals surface area contributed by atoms with Crippen LogP contribution in [0.15, 0.2) is 36.7 Å². The topological polar surface area (TPSA) is 78.9 Å². The van der Waals surface area contributed by atoms with Crippen molar-refractivity contribution in [1.82, 2.24) is 19.7 Å². The van der Waals surface area contributed by atoms with Crippen LogP contribution in [0.1, 0.15) is 5.56 Å². The standard InChI is InChI=1S/C13H11N5OS/c1-18-7-15-13(17-18)19-11-6-9(12(14)20)8-4-2-3-5-10(8)16-11/h2-7H,1H3,(H2,14,20). The number of hydrogen-bond acceptors (Lipinski definition) is 5. The molecule has 0 aliphatic rings. The number of hydrogen-bond donors (Lipinski definition) is 1. The molecule has 0 amide bonds. The summed E-state index contributed by atoms with van der Waals surface area (Å²) in [6, 6.07) is 9.51. The van der Waals surface area contributed by atoms with Gasteiger partial charge in [-0.1, -0.05) is 30.4 Å². The third-order valence-corrected chi connectivity index (χ3v) is 2.95. The van der Waals surface area contributed by atoms with Crippen LogP contribution in [0.3, 0.4) is 0 Å². The molecule has 3 rings (SSSR count). The van der Waals surface area contributed by atoms with Crippen molar-refractivity contribution in [2.24, 2.45) is 12.8 Å². The van der Waals surface area contributed by atoms with Gasteiger partial charge in [0.25, 0.3) is 0 Å². The first kappa shape index (κ1) is 12.5. The van der Waals surface area contributed by atoms with Crippen LogP contribution >= 0.6 is 12.2 Å². The van der Waals surface area contributed by atoms with E-state index in [4.69, 9.17) is 22.7 Å². The molecule has 0 radical (unpaired) electrons. The van der Waals surface area contributed by atoms with E-state index in [0.717, 1.165) is 16.5 Å². The Morgan fingerprint density at radius 1 is 1.35 bits per heavy atom. The van der Waals surface area contributed by atoms with E-state index < -0.39 is 0 Å². The van der Waals surface area contributed by atoms with Crippen LogP contribution in [-0.2, 0) is 7.05 Å². The maximum absolute atomic E-state index is 5.76. The third kappa shape index (κ3) is 2.30. The maximum Gasteiger partial charge on any atom is 0.342 e. The molecule has 0 spiro atoms. The molecule has 1 aromatic carbocycles. The van der Waals surface area contributed by atoms with Crippen LogP contribution in [0, 0.1) is 0 Å². The van der Waals surface area contributed by atoms with Gasteiger partial charge in [-0.05, 0) is 6.07 Å². The highest BCUT2D eigenvalue weighted by Crippen LogP contribution is 2.24. The Morgan fingerprint density at radius 2 is 2.15 bits per heavy atom. The van der Waals surface area contributed by atoms with Crippen molar-refractivity contribution in [2.45, 2.75) is 0 Å². The molecule has 0 fully saturated rings. The summed E-state index contributed by atoms with van der Waals surface area (Å²) < 4.78 is 7.08. The number of pyridine rings is 1. The van der Waals surface area contributed by atoms with E-state index >= 15 is 0 Å². The summed E-state index contributed by atoms with van der Waals surface area (Å²) in [7, 11) is 1.76. The summed E-state index contributed by atoms with van der Waals surface area (Å²) in [5.41, 5.74) is 7.23. The molecule has 0 aliphatic heterocycles. The molecular formula is C13H11N5OS. The predicted octanol–water partition coefficient (Wildman–Crippen LogP) is 1.79. The number of aromatic nitrogens is 4. The number of para-hydroxylation sites is 1. The number of aryl methyl sites for hydroxylation is 1. The fourth-order valence-electron chi connectivity index (χ4n) is 1.87. The van der Waals surface area contributed by atoms with Crippen molar-refractivity contribution in [3.63, 3.8) is 0 Å². The summed E-state index contributed by atoms with van der Waals surface area (Å²) in [4.78, 5) is 8.68. The minimum Gasteiger partial charge on any atom is -0.404 e. The molecule has 0 bridgehead atoms. The van der Waals surface area contributed by atoms with Gasteiger partial charge < -0.3 is 10.5 Å². The van der Waals surface area contributed by atoms with E-state index in [0.29, 0.717) is 10.9 Å². The normalized spacial score (nSPS) is 10.7. The number of benzene rings is 1. The van der Waals surface area contributed by atoms with E-state index in [1.807, 2.05) is 24.3 Å². The minimum atomic E-state index is 0.226. The molecule has 0 aliphatic carbocycles. The fourth-order valence-corrected chi connectivity index (χ4v) is 2.04. The number of fused-ring (bicyclic) bond motifs is 1. The molecular weight excluding hydrogens is 274 g/mol. The quantitative estimate of drug-likeness (QED) is 0.739. The van der Waals surface area contributed by atoms with Crippen molar-refractivity contribution >= 4 is 28.1 Å². The Labute approximate surface area is 120 Å². The zero-order valence-electron chi connectivity index (χ0n) is 10.6. The molecule has 100 valence electrons. The van der Waals surface area contributed by atoms with E-state index in [1.54, 1.807) is 24.1 Å². The van der Waals surface area contributed by atoms with Crippen LogP contribution in [-0.4, -0.2) is 24.7 Å². The Hall–Kier alpha value is -2.54. The van der Waals surface area contributed by atoms with Crippen LogP contribution < -0.4 is 10.5 Å². The highest BCUT2D eigenvalue weighted by Gasteiger charge is 2.10. The van der Waals surface area contributed by atoms with Crippen molar-refractivity contribution in [2.75, 3.05) is 0 Å². The summed E-state index contributed by atoms with van der Waals surface area (Å²) in [5.74, 6) is 0.359. The number of ether oxygens (including phenoxy) is 1. The van der Waals surface area contributed by atoms with E-state index in [-0.39, 0.29) is 6.01 Å². The van der Waals surface area contributed by atoms with E-state index in [2.05, 4.69) is 15.1 Å². The van der Waals surface area contributed by atoms with Crippen molar-refractivity contribution < 1.29 is 4.74 Å². The Kier molecular flexibility index (Phi) is 3.03. The van der Waals surface area contributed by atoms with Crippen molar-refractivity contribution in [3.8, 4) is 11.9 Å². The van der Waals surface area contributed by atoms with Gasteiger partial charge in [0.1, 0.15) is 11.3 Å². The van der Waals surface area contributed by atoms with Crippen molar-refractivity contribution in [1.29, 1.82) is 0 Å². The average molecular weight is 285 g/mol. The van der Waals surface area contributed by atoms with E-state index in [1.165, 1.54) is 0 Å². The van der Waals surface area contributed by atoms with Crippen LogP contribution in [0.5, 0.6) is 11.9 Å². The summed E-state index contributed by atoms with van der Waals surface area (Å²) in [6.07, 6.45) is 1.55. The Morgan fingerprint density at radius 3 is 2.85 bits per heavy atom. The molecule has 7 heteroatoms. The average Bonchev–Trinajstić information content (AvgIpc) is 2.83. The van der Waals surface area contributed by atoms with Gasteiger partial charge in [-0.3, -0.25) is 4.68 Å². The zero-order valence-corrected chi connectivity index (χ0v) is 11.5. The second-order valence-electron chi connectivity index (χ2n) is 4.19. The summed E-state index contributed by atoms with van der Waals surface area (Å²) >= 11 is 5.08. The first-order valence-corrected chi connectivity index (χ1v) is 6.27. The lowest BCUT2D eigenvalue weighted by Gasteiger charge is -2.07. The Balaban J connectivity index is 2.10. The lowest BCUT2D eigenvalue weighted by atomic mass is 10.1. The van der Waals surface area contributed by atoms with Gasteiger partial charge in [-0.2, -0.15) is 4.98 Å². The first-order chi connectivity index (χ1) is 9.63. The van der Waals surface area contributed by atoms with Gasteiger partial charge in [0.2, 0.25) is 5.88 Å². The largest absolute Gasteiger partial charge is 0.404 e.